The number of halogens is 2. The van der Waals surface area contributed by atoms with Crippen LogP contribution in [0.5, 0.6) is 0 Å². The molecule has 0 saturated carbocycles. The molecule has 0 aliphatic rings. The maximum atomic E-state index is 11.2. The van der Waals surface area contributed by atoms with Crippen LogP contribution in [0.25, 0.3) is 0 Å². The second-order valence-electron chi connectivity index (χ2n) is 2.56. The van der Waals surface area contributed by atoms with Crippen LogP contribution in [0.1, 0.15) is 12.5 Å². The number of carbonyl (C=O) groups excluding carboxylic acids is 1. The summed E-state index contributed by atoms with van der Waals surface area (Å²) in [5.41, 5.74) is 0.708. The van der Waals surface area contributed by atoms with Crippen molar-refractivity contribution in [1.29, 1.82) is 0 Å². The normalized spacial score (nSPS) is 9.93. The number of carbonyl (C=O) groups is 1. The molecular formula is C9H9BrClNO2. The van der Waals surface area contributed by atoms with Crippen molar-refractivity contribution < 1.29 is 9.53 Å². The Hall–Kier alpha value is -0.610. The number of hydrogen-bond donors (Lipinski definition) is 0. The standard InChI is InChI=1S/C9H9BrClNO2/c1-2-14-9(13)3-6-7(10)4-12-5-8(6)11/h4-5H,2-3H2,1H3. The van der Waals surface area contributed by atoms with E-state index in [1.54, 1.807) is 13.1 Å². The van der Waals surface area contributed by atoms with Gasteiger partial charge in [-0.05, 0) is 28.4 Å². The first-order valence-electron chi connectivity index (χ1n) is 4.08. The Kier molecular flexibility index (Phi) is 4.35. The second-order valence-corrected chi connectivity index (χ2v) is 3.83. The summed E-state index contributed by atoms with van der Waals surface area (Å²) in [5.74, 6) is -0.290. The lowest BCUT2D eigenvalue weighted by molar-refractivity contribution is -0.142. The highest BCUT2D eigenvalue weighted by atomic mass is 79.9. The van der Waals surface area contributed by atoms with E-state index in [2.05, 4.69) is 20.9 Å². The van der Waals surface area contributed by atoms with Crippen molar-refractivity contribution in [2.24, 2.45) is 0 Å². The first kappa shape index (κ1) is 11.5. The first-order valence-corrected chi connectivity index (χ1v) is 5.25. The van der Waals surface area contributed by atoms with Gasteiger partial charge in [0.2, 0.25) is 0 Å². The minimum absolute atomic E-state index is 0.162. The molecule has 0 N–H and O–H groups in total. The highest BCUT2D eigenvalue weighted by Gasteiger charge is 2.11. The third kappa shape index (κ3) is 2.96. The van der Waals surface area contributed by atoms with E-state index in [-0.39, 0.29) is 12.4 Å². The molecule has 0 amide bonds. The van der Waals surface area contributed by atoms with Crippen LogP contribution in [-0.4, -0.2) is 17.6 Å². The molecule has 1 aromatic rings. The van der Waals surface area contributed by atoms with E-state index in [4.69, 9.17) is 16.3 Å². The summed E-state index contributed by atoms with van der Waals surface area (Å²) < 4.78 is 5.54. The molecule has 14 heavy (non-hydrogen) atoms. The number of hydrogen-bond acceptors (Lipinski definition) is 3. The van der Waals surface area contributed by atoms with Crippen molar-refractivity contribution >= 4 is 33.5 Å². The highest BCUT2D eigenvalue weighted by molar-refractivity contribution is 9.10. The van der Waals surface area contributed by atoms with Crippen molar-refractivity contribution in [1.82, 2.24) is 4.98 Å². The number of aromatic nitrogens is 1. The summed E-state index contributed by atoms with van der Waals surface area (Å²) in [7, 11) is 0. The van der Waals surface area contributed by atoms with Gasteiger partial charge >= 0.3 is 5.97 Å². The van der Waals surface area contributed by atoms with Crippen LogP contribution >= 0.6 is 27.5 Å². The van der Waals surface area contributed by atoms with Gasteiger partial charge in [-0.2, -0.15) is 0 Å². The lowest BCUT2D eigenvalue weighted by Crippen LogP contribution is -2.08. The fourth-order valence-corrected chi connectivity index (χ4v) is 1.77. The van der Waals surface area contributed by atoms with E-state index in [1.807, 2.05) is 0 Å². The predicted octanol–water partition coefficient (Wildman–Crippen LogP) is 2.60. The van der Waals surface area contributed by atoms with E-state index in [1.165, 1.54) is 6.20 Å². The van der Waals surface area contributed by atoms with Gasteiger partial charge in [0.25, 0.3) is 0 Å². The monoisotopic (exact) mass is 277 g/mol. The van der Waals surface area contributed by atoms with E-state index < -0.39 is 0 Å². The van der Waals surface area contributed by atoms with Gasteiger partial charge in [0, 0.05) is 16.9 Å². The van der Waals surface area contributed by atoms with Crippen molar-refractivity contribution in [2.75, 3.05) is 6.61 Å². The average molecular weight is 279 g/mol. The zero-order chi connectivity index (χ0) is 10.6. The Morgan fingerprint density at radius 1 is 1.64 bits per heavy atom. The average Bonchev–Trinajstić information content (AvgIpc) is 2.12. The lowest BCUT2D eigenvalue weighted by Gasteiger charge is -2.05. The van der Waals surface area contributed by atoms with Gasteiger partial charge in [-0.25, -0.2) is 0 Å². The molecule has 0 radical (unpaired) electrons. The quantitative estimate of drug-likeness (QED) is 0.798. The van der Waals surface area contributed by atoms with Crippen molar-refractivity contribution in [3.8, 4) is 0 Å². The Morgan fingerprint density at radius 3 is 2.93 bits per heavy atom. The molecule has 76 valence electrons. The predicted molar refractivity (Wildman–Crippen MR) is 57.3 cm³/mol. The Bertz CT molecular complexity index is 323. The molecule has 1 heterocycles. The topological polar surface area (TPSA) is 39.2 Å². The van der Waals surface area contributed by atoms with E-state index >= 15 is 0 Å². The third-order valence-corrected chi connectivity index (χ3v) is 2.59. The number of pyridine rings is 1. The minimum Gasteiger partial charge on any atom is -0.466 e. The van der Waals surface area contributed by atoms with Crippen LogP contribution in [0, 0.1) is 0 Å². The molecule has 0 aromatic carbocycles. The molecule has 0 spiro atoms. The zero-order valence-corrected chi connectivity index (χ0v) is 9.93. The number of nitrogens with zero attached hydrogens (tertiary/aromatic N) is 1. The minimum atomic E-state index is -0.290. The fraction of sp³-hybridized carbons (Fsp3) is 0.333. The Balaban J connectivity index is 2.80. The largest absolute Gasteiger partial charge is 0.466 e. The van der Waals surface area contributed by atoms with Crippen LogP contribution in [-0.2, 0) is 16.0 Å². The molecule has 1 rings (SSSR count). The maximum Gasteiger partial charge on any atom is 0.310 e. The molecule has 0 aliphatic carbocycles. The van der Waals surface area contributed by atoms with Gasteiger partial charge < -0.3 is 4.74 Å². The van der Waals surface area contributed by atoms with Gasteiger partial charge in [0.05, 0.1) is 18.1 Å². The molecule has 0 aliphatic heterocycles. The van der Waals surface area contributed by atoms with Gasteiger partial charge in [0.15, 0.2) is 0 Å². The van der Waals surface area contributed by atoms with Crippen LogP contribution < -0.4 is 0 Å². The molecule has 0 atom stereocenters. The molecule has 0 fully saturated rings. The van der Waals surface area contributed by atoms with Gasteiger partial charge in [-0.15, -0.1) is 0 Å². The highest BCUT2D eigenvalue weighted by Crippen LogP contribution is 2.23. The Labute approximate surface area is 95.6 Å². The van der Waals surface area contributed by atoms with Crippen LogP contribution in [0.3, 0.4) is 0 Å². The molecule has 0 saturated heterocycles. The molecule has 1 aromatic heterocycles. The van der Waals surface area contributed by atoms with E-state index in [9.17, 15) is 4.79 Å². The number of ether oxygens (including phenoxy) is 1. The fourth-order valence-electron chi connectivity index (χ4n) is 0.963. The van der Waals surface area contributed by atoms with Gasteiger partial charge in [0.1, 0.15) is 0 Å². The smallest absolute Gasteiger partial charge is 0.310 e. The van der Waals surface area contributed by atoms with Crippen LogP contribution in [0.4, 0.5) is 0 Å². The van der Waals surface area contributed by atoms with E-state index in [0.717, 1.165) is 4.47 Å². The third-order valence-electron chi connectivity index (χ3n) is 1.58. The molecule has 0 bridgehead atoms. The maximum absolute atomic E-state index is 11.2. The van der Waals surface area contributed by atoms with Crippen LogP contribution in [0.2, 0.25) is 5.02 Å². The molecule has 5 heteroatoms. The first-order chi connectivity index (χ1) is 6.65. The second kappa shape index (κ2) is 5.32. The molecular weight excluding hydrogens is 269 g/mol. The van der Waals surface area contributed by atoms with Crippen LogP contribution in [0.15, 0.2) is 16.9 Å². The van der Waals surface area contributed by atoms with E-state index in [0.29, 0.717) is 17.2 Å². The number of esters is 1. The SMILES string of the molecule is CCOC(=O)Cc1c(Cl)cncc1Br. The zero-order valence-electron chi connectivity index (χ0n) is 7.59. The van der Waals surface area contributed by atoms with Crippen molar-refractivity contribution in [3.05, 3.63) is 27.5 Å². The summed E-state index contributed by atoms with van der Waals surface area (Å²) in [6, 6.07) is 0. The Morgan fingerprint density at radius 2 is 2.36 bits per heavy atom. The number of rotatable bonds is 3. The summed E-state index contributed by atoms with van der Waals surface area (Å²) in [6.45, 7) is 2.14. The molecule has 3 nitrogen and oxygen atoms in total. The lowest BCUT2D eigenvalue weighted by atomic mass is 10.2. The van der Waals surface area contributed by atoms with Gasteiger partial charge in [-0.3, -0.25) is 9.78 Å². The van der Waals surface area contributed by atoms with Crippen molar-refractivity contribution in [2.45, 2.75) is 13.3 Å². The van der Waals surface area contributed by atoms with Gasteiger partial charge in [-0.1, -0.05) is 11.6 Å². The summed E-state index contributed by atoms with van der Waals surface area (Å²) >= 11 is 9.15. The van der Waals surface area contributed by atoms with Crippen molar-refractivity contribution in [3.63, 3.8) is 0 Å². The molecule has 0 unspecified atom stereocenters. The summed E-state index contributed by atoms with van der Waals surface area (Å²) in [4.78, 5) is 15.1. The summed E-state index contributed by atoms with van der Waals surface area (Å²) in [5, 5.41) is 0.465. The summed E-state index contributed by atoms with van der Waals surface area (Å²) in [6.07, 6.45) is 3.26.